The van der Waals surface area contributed by atoms with Gasteiger partial charge in [-0.2, -0.15) is 0 Å². The maximum atomic E-state index is 13.2. The van der Waals surface area contributed by atoms with Gasteiger partial charge in [-0.1, -0.05) is 0 Å². The van der Waals surface area contributed by atoms with Crippen molar-refractivity contribution < 1.29 is 18.0 Å². The van der Waals surface area contributed by atoms with Crippen LogP contribution in [-0.2, 0) is 17.9 Å². The molecule has 1 aliphatic rings. The van der Waals surface area contributed by atoms with E-state index in [-0.39, 0.29) is 19.0 Å². The highest BCUT2D eigenvalue weighted by atomic mass is 19.1. The van der Waals surface area contributed by atoms with Gasteiger partial charge in [-0.15, -0.1) is 10.2 Å². The fraction of sp³-hybridized carbons (Fsp3) is 0.350. The number of rotatable bonds is 6. The van der Waals surface area contributed by atoms with Crippen LogP contribution in [0.15, 0.2) is 28.7 Å². The highest BCUT2D eigenvalue weighted by Gasteiger charge is 2.30. The molecule has 2 heterocycles. The number of aryl methyl sites for hydroxylation is 1. The number of nitrogens with zero attached hydrogens (tertiary/aromatic N) is 3. The fourth-order valence-electron chi connectivity index (χ4n) is 3.21. The summed E-state index contributed by atoms with van der Waals surface area (Å²) < 4.78 is 34.1. The van der Waals surface area contributed by atoms with Crippen LogP contribution >= 0.6 is 0 Å². The Kier molecular flexibility index (Phi) is 4.70. The zero-order chi connectivity index (χ0) is 19.8. The second-order valence-electron chi connectivity index (χ2n) is 7.15. The molecule has 3 aromatic rings. The number of benzene rings is 1. The van der Waals surface area contributed by atoms with Crippen LogP contribution in [-0.4, -0.2) is 20.7 Å². The minimum atomic E-state index is -0.670. The van der Waals surface area contributed by atoms with Gasteiger partial charge in [-0.3, -0.25) is 4.79 Å². The lowest BCUT2D eigenvalue weighted by Crippen LogP contribution is -2.28. The molecule has 8 heteroatoms. The lowest BCUT2D eigenvalue weighted by Gasteiger charge is -2.10. The lowest BCUT2D eigenvalue weighted by atomic mass is 10.2. The van der Waals surface area contributed by atoms with Crippen molar-refractivity contribution in [2.24, 2.45) is 0 Å². The first-order chi connectivity index (χ1) is 13.4. The second-order valence-corrected chi connectivity index (χ2v) is 7.15. The van der Waals surface area contributed by atoms with Crippen LogP contribution in [0, 0.1) is 25.5 Å². The number of amides is 1. The fourth-order valence-corrected chi connectivity index (χ4v) is 3.21. The van der Waals surface area contributed by atoms with E-state index < -0.39 is 11.6 Å². The van der Waals surface area contributed by atoms with Crippen molar-refractivity contribution in [3.63, 3.8) is 0 Å². The summed E-state index contributed by atoms with van der Waals surface area (Å²) in [6.45, 7) is 3.91. The predicted octanol–water partition coefficient (Wildman–Crippen LogP) is 3.63. The molecule has 2 aromatic heterocycles. The van der Waals surface area contributed by atoms with Crippen LogP contribution in [0.25, 0.3) is 11.5 Å². The lowest BCUT2D eigenvalue weighted by molar-refractivity contribution is -0.121. The monoisotopic (exact) mass is 386 g/mol. The van der Waals surface area contributed by atoms with E-state index in [1.165, 1.54) is 12.1 Å². The van der Waals surface area contributed by atoms with Crippen molar-refractivity contribution >= 4 is 5.91 Å². The smallest absolute Gasteiger partial charge is 0.249 e. The van der Waals surface area contributed by atoms with Gasteiger partial charge in [-0.05, 0) is 50.5 Å². The summed E-state index contributed by atoms with van der Waals surface area (Å²) in [5.41, 5.74) is 2.89. The van der Waals surface area contributed by atoms with Crippen LogP contribution in [0.5, 0.6) is 0 Å². The molecule has 0 atom stereocenters. The summed E-state index contributed by atoms with van der Waals surface area (Å²) in [6, 6.07) is 5.10. The Morgan fingerprint density at radius 3 is 2.57 bits per heavy atom. The average molecular weight is 386 g/mol. The van der Waals surface area contributed by atoms with Gasteiger partial charge in [0.2, 0.25) is 17.7 Å². The molecule has 1 amide bonds. The standard InChI is InChI=1S/C20H20F2N4O2/c1-11-5-17(20-25-24-19(28-20)14-3-4-14)12(2)26(11)10-18(27)23-9-13-6-15(21)8-16(22)7-13/h5-8,14H,3-4,9-10H2,1-2H3,(H,23,27). The third-order valence-corrected chi connectivity index (χ3v) is 4.89. The van der Waals surface area contributed by atoms with Gasteiger partial charge < -0.3 is 14.3 Å². The molecule has 0 spiro atoms. The van der Waals surface area contributed by atoms with E-state index >= 15 is 0 Å². The van der Waals surface area contributed by atoms with Crippen molar-refractivity contribution in [3.05, 3.63) is 58.7 Å². The van der Waals surface area contributed by atoms with Crippen molar-refractivity contribution in [2.45, 2.75) is 45.7 Å². The molecule has 1 N–H and O–H groups in total. The van der Waals surface area contributed by atoms with Crippen LogP contribution < -0.4 is 5.32 Å². The Labute approximate surface area is 160 Å². The Morgan fingerprint density at radius 1 is 1.18 bits per heavy atom. The number of carbonyl (C=O) groups excluding carboxylic acids is 1. The minimum absolute atomic E-state index is 0.0497. The number of carbonyl (C=O) groups is 1. The van der Waals surface area contributed by atoms with Gasteiger partial charge in [0.05, 0.1) is 5.56 Å². The molecule has 0 bridgehead atoms. The van der Waals surface area contributed by atoms with Crippen molar-refractivity contribution in [1.82, 2.24) is 20.1 Å². The van der Waals surface area contributed by atoms with Gasteiger partial charge in [0, 0.05) is 29.9 Å². The normalized spacial score (nSPS) is 13.7. The van der Waals surface area contributed by atoms with E-state index in [1.54, 1.807) is 0 Å². The molecule has 1 saturated carbocycles. The molecule has 28 heavy (non-hydrogen) atoms. The molecule has 4 rings (SSSR count). The predicted molar refractivity (Wildman–Crippen MR) is 97.4 cm³/mol. The van der Waals surface area contributed by atoms with Crippen molar-refractivity contribution in [1.29, 1.82) is 0 Å². The molecule has 1 aromatic carbocycles. The summed E-state index contributed by atoms with van der Waals surface area (Å²) in [5.74, 6) is -0.102. The number of hydrogen-bond donors (Lipinski definition) is 1. The number of aromatic nitrogens is 3. The number of hydrogen-bond acceptors (Lipinski definition) is 4. The molecule has 1 aliphatic carbocycles. The maximum absolute atomic E-state index is 13.2. The van der Waals surface area contributed by atoms with Crippen molar-refractivity contribution in [2.75, 3.05) is 0 Å². The van der Waals surface area contributed by atoms with Crippen LogP contribution in [0.2, 0.25) is 0 Å². The first kappa shape index (κ1) is 18.3. The SMILES string of the molecule is Cc1cc(-c2nnc(C3CC3)o2)c(C)n1CC(=O)NCc1cc(F)cc(F)c1. The Morgan fingerprint density at radius 2 is 1.89 bits per heavy atom. The van der Waals surface area contributed by atoms with E-state index in [0.29, 0.717) is 23.3 Å². The van der Waals surface area contributed by atoms with E-state index in [2.05, 4.69) is 15.5 Å². The quantitative estimate of drug-likeness (QED) is 0.702. The molecular weight excluding hydrogens is 366 g/mol. The van der Waals surface area contributed by atoms with Crippen molar-refractivity contribution in [3.8, 4) is 11.5 Å². The first-order valence-corrected chi connectivity index (χ1v) is 9.13. The molecule has 1 fully saturated rings. The summed E-state index contributed by atoms with van der Waals surface area (Å²) in [7, 11) is 0. The first-order valence-electron chi connectivity index (χ1n) is 9.13. The Hall–Kier alpha value is -3.03. The largest absolute Gasteiger partial charge is 0.420 e. The van der Waals surface area contributed by atoms with Gasteiger partial charge in [0.15, 0.2) is 0 Å². The summed E-state index contributed by atoms with van der Waals surface area (Å²) in [6.07, 6.45) is 2.16. The van der Waals surface area contributed by atoms with Crippen LogP contribution in [0.1, 0.15) is 41.6 Å². The minimum Gasteiger partial charge on any atom is -0.420 e. The van der Waals surface area contributed by atoms with Gasteiger partial charge in [0.1, 0.15) is 18.2 Å². The van der Waals surface area contributed by atoms with Crippen LogP contribution in [0.4, 0.5) is 8.78 Å². The zero-order valence-corrected chi connectivity index (χ0v) is 15.6. The average Bonchev–Trinajstić information content (AvgIpc) is 3.31. The van der Waals surface area contributed by atoms with E-state index in [9.17, 15) is 13.6 Å². The highest BCUT2D eigenvalue weighted by Crippen LogP contribution is 2.40. The zero-order valence-electron chi connectivity index (χ0n) is 15.6. The van der Waals surface area contributed by atoms with E-state index in [1.807, 2.05) is 24.5 Å². The van der Waals surface area contributed by atoms with E-state index in [0.717, 1.165) is 35.9 Å². The molecule has 0 saturated heterocycles. The Bertz CT molecular complexity index is 1020. The molecule has 6 nitrogen and oxygen atoms in total. The van der Waals surface area contributed by atoms with E-state index in [4.69, 9.17) is 4.42 Å². The third kappa shape index (κ3) is 3.81. The van der Waals surface area contributed by atoms with Gasteiger partial charge >= 0.3 is 0 Å². The van der Waals surface area contributed by atoms with Crippen LogP contribution in [0.3, 0.4) is 0 Å². The summed E-state index contributed by atoms with van der Waals surface area (Å²) in [4.78, 5) is 12.3. The molecule has 0 aliphatic heterocycles. The summed E-state index contributed by atoms with van der Waals surface area (Å²) in [5, 5.41) is 10.9. The third-order valence-electron chi connectivity index (χ3n) is 4.89. The molecule has 0 unspecified atom stereocenters. The molecule has 0 radical (unpaired) electrons. The summed E-state index contributed by atoms with van der Waals surface area (Å²) >= 11 is 0. The number of halogens is 2. The molecule has 146 valence electrons. The molecular formula is C20H20F2N4O2. The van der Waals surface area contributed by atoms with Gasteiger partial charge in [0.25, 0.3) is 0 Å². The second kappa shape index (κ2) is 7.18. The number of nitrogens with one attached hydrogen (secondary N) is 1. The topological polar surface area (TPSA) is 73.0 Å². The van der Waals surface area contributed by atoms with Gasteiger partial charge in [-0.25, -0.2) is 8.78 Å². The Balaban J connectivity index is 1.45. The maximum Gasteiger partial charge on any atom is 0.249 e. The highest BCUT2D eigenvalue weighted by molar-refractivity contribution is 5.76.